The van der Waals surface area contributed by atoms with E-state index in [0.29, 0.717) is 0 Å². The first-order valence-electron chi connectivity index (χ1n) is 8.04. The second kappa shape index (κ2) is 8.47. The Bertz CT molecular complexity index is 402. The average Bonchev–Trinajstić information content (AvgIpc) is 2.49. The van der Waals surface area contributed by atoms with E-state index >= 15 is 0 Å². The summed E-state index contributed by atoms with van der Waals surface area (Å²) in [6.07, 6.45) is 2.97. The molecule has 1 aliphatic rings. The minimum absolute atomic E-state index is 0.176. The normalized spacial score (nSPS) is 18.8. The van der Waals surface area contributed by atoms with E-state index in [1.165, 1.54) is 12.1 Å². The van der Waals surface area contributed by atoms with E-state index in [9.17, 15) is 9.50 Å². The molecule has 0 aromatic heterocycles. The number of hydrogen-bond donors (Lipinski definition) is 1. The fraction of sp³-hybridized carbons (Fsp3) is 0.647. The van der Waals surface area contributed by atoms with Crippen LogP contribution in [0, 0.1) is 5.82 Å². The van der Waals surface area contributed by atoms with Gasteiger partial charge < -0.3 is 5.11 Å². The minimum atomic E-state index is -0.186. The lowest BCUT2D eigenvalue weighted by Gasteiger charge is -2.35. The molecule has 1 unspecified atom stereocenters. The Balaban J connectivity index is 1.69. The zero-order chi connectivity index (χ0) is 15.1. The summed E-state index contributed by atoms with van der Waals surface area (Å²) >= 11 is 0. The van der Waals surface area contributed by atoms with Crippen LogP contribution < -0.4 is 0 Å². The minimum Gasteiger partial charge on any atom is -0.392 e. The van der Waals surface area contributed by atoms with Gasteiger partial charge in [0, 0.05) is 39.3 Å². The zero-order valence-corrected chi connectivity index (χ0v) is 13.0. The third-order valence-corrected chi connectivity index (χ3v) is 4.14. The van der Waals surface area contributed by atoms with Crippen molar-refractivity contribution < 1.29 is 9.50 Å². The summed E-state index contributed by atoms with van der Waals surface area (Å²) < 4.78 is 12.9. The quantitative estimate of drug-likeness (QED) is 0.837. The fourth-order valence-corrected chi connectivity index (χ4v) is 2.81. The van der Waals surface area contributed by atoms with E-state index in [-0.39, 0.29) is 11.9 Å². The highest BCUT2D eigenvalue weighted by Crippen LogP contribution is 2.11. The van der Waals surface area contributed by atoms with Gasteiger partial charge in [-0.1, -0.05) is 31.9 Å². The first-order chi connectivity index (χ1) is 10.2. The topological polar surface area (TPSA) is 26.7 Å². The van der Waals surface area contributed by atoms with Crippen molar-refractivity contribution in [2.45, 2.75) is 38.8 Å². The van der Waals surface area contributed by atoms with Crippen LogP contribution in [0.2, 0.25) is 0 Å². The van der Waals surface area contributed by atoms with E-state index in [1.54, 1.807) is 0 Å². The van der Waals surface area contributed by atoms with Crippen molar-refractivity contribution in [3.63, 3.8) is 0 Å². The summed E-state index contributed by atoms with van der Waals surface area (Å²) in [5.41, 5.74) is 1.16. The van der Waals surface area contributed by atoms with Crippen molar-refractivity contribution >= 4 is 0 Å². The molecule has 4 heteroatoms. The van der Waals surface area contributed by atoms with Crippen molar-refractivity contribution in [2.75, 3.05) is 32.7 Å². The van der Waals surface area contributed by atoms with Gasteiger partial charge in [-0.25, -0.2) is 4.39 Å². The summed E-state index contributed by atoms with van der Waals surface area (Å²) in [6.45, 7) is 7.86. The predicted octanol–water partition coefficient (Wildman–Crippen LogP) is 2.49. The Kier molecular flexibility index (Phi) is 6.61. The van der Waals surface area contributed by atoms with Gasteiger partial charge in [-0.2, -0.15) is 0 Å². The van der Waals surface area contributed by atoms with Gasteiger partial charge >= 0.3 is 0 Å². The van der Waals surface area contributed by atoms with Gasteiger partial charge in [0.2, 0.25) is 0 Å². The zero-order valence-electron chi connectivity index (χ0n) is 13.0. The monoisotopic (exact) mass is 294 g/mol. The van der Waals surface area contributed by atoms with E-state index in [1.807, 2.05) is 12.1 Å². The van der Waals surface area contributed by atoms with Crippen molar-refractivity contribution in [3.8, 4) is 0 Å². The van der Waals surface area contributed by atoms with Crippen LogP contribution in [0.15, 0.2) is 24.3 Å². The van der Waals surface area contributed by atoms with Crippen LogP contribution in [-0.4, -0.2) is 53.7 Å². The Morgan fingerprint density at radius 3 is 2.33 bits per heavy atom. The summed E-state index contributed by atoms with van der Waals surface area (Å²) in [7, 11) is 0. The molecule has 0 amide bonds. The fourth-order valence-electron chi connectivity index (χ4n) is 2.81. The van der Waals surface area contributed by atoms with Gasteiger partial charge in [0.05, 0.1) is 6.10 Å². The largest absolute Gasteiger partial charge is 0.392 e. The molecule has 0 spiro atoms. The van der Waals surface area contributed by atoms with Crippen LogP contribution in [0.3, 0.4) is 0 Å². The smallest absolute Gasteiger partial charge is 0.123 e. The predicted molar refractivity (Wildman–Crippen MR) is 83.6 cm³/mol. The summed E-state index contributed by atoms with van der Waals surface area (Å²) in [5, 5.41) is 9.97. The van der Waals surface area contributed by atoms with E-state index in [4.69, 9.17) is 0 Å². The van der Waals surface area contributed by atoms with Crippen LogP contribution in [0.1, 0.15) is 31.7 Å². The standard InChI is InChI=1S/C17H27FN2O/c1-2-3-4-17(21)14-20-11-9-19(10-12-20)13-15-5-7-16(18)8-6-15/h5-8,17,21H,2-4,9-14H2,1H3. The summed E-state index contributed by atoms with van der Waals surface area (Å²) in [5.74, 6) is -0.176. The van der Waals surface area contributed by atoms with Crippen LogP contribution >= 0.6 is 0 Å². The molecule has 3 nitrogen and oxygen atoms in total. The third-order valence-electron chi connectivity index (χ3n) is 4.14. The van der Waals surface area contributed by atoms with Crippen LogP contribution in [0.4, 0.5) is 4.39 Å². The molecular formula is C17H27FN2O. The number of hydrogen-bond acceptors (Lipinski definition) is 3. The average molecular weight is 294 g/mol. The Hall–Kier alpha value is -0.970. The van der Waals surface area contributed by atoms with Crippen LogP contribution in [0.5, 0.6) is 0 Å². The number of halogens is 1. The highest BCUT2D eigenvalue weighted by Gasteiger charge is 2.19. The van der Waals surface area contributed by atoms with Gasteiger partial charge in [0.15, 0.2) is 0 Å². The summed E-state index contributed by atoms with van der Waals surface area (Å²) in [6, 6.07) is 6.76. The molecule has 1 aliphatic heterocycles. The lowest BCUT2D eigenvalue weighted by molar-refractivity contribution is 0.0654. The molecule has 1 heterocycles. The first kappa shape index (κ1) is 16.4. The number of benzene rings is 1. The Labute approximate surface area is 127 Å². The maximum absolute atomic E-state index is 12.9. The van der Waals surface area contributed by atoms with Gasteiger partial charge in [-0.3, -0.25) is 9.80 Å². The number of aliphatic hydroxyl groups is 1. The molecule has 1 aromatic rings. The maximum atomic E-state index is 12.9. The number of nitrogens with zero attached hydrogens (tertiary/aromatic N) is 2. The molecule has 1 saturated heterocycles. The molecule has 0 saturated carbocycles. The third kappa shape index (κ3) is 5.73. The number of piperazine rings is 1. The van der Waals surface area contributed by atoms with E-state index in [2.05, 4.69) is 16.7 Å². The number of rotatable bonds is 7. The van der Waals surface area contributed by atoms with Crippen molar-refractivity contribution in [1.29, 1.82) is 0 Å². The highest BCUT2D eigenvalue weighted by atomic mass is 19.1. The molecular weight excluding hydrogens is 267 g/mol. The lowest BCUT2D eigenvalue weighted by atomic mass is 10.1. The number of aliphatic hydroxyl groups excluding tert-OH is 1. The SMILES string of the molecule is CCCCC(O)CN1CCN(Cc2ccc(F)cc2)CC1. The van der Waals surface area contributed by atoms with Gasteiger partial charge in [-0.05, 0) is 24.1 Å². The molecule has 0 radical (unpaired) electrons. The van der Waals surface area contributed by atoms with Gasteiger partial charge in [0.25, 0.3) is 0 Å². The molecule has 1 fully saturated rings. The molecule has 0 aliphatic carbocycles. The number of unbranched alkanes of at least 4 members (excludes halogenated alkanes) is 1. The van der Waals surface area contributed by atoms with Crippen molar-refractivity contribution in [3.05, 3.63) is 35.6 Å². The van der Waals surface area contributed by atoms with Crippen LogP contribution in [0.25, 0.3) is 0 Å². The Morgan fingerprint density at radius 1 is 1.10 bits per heavy atom. The molecule has 2 rings (SSSR count). The summed E-state index contributed by atoms with van der Waals surface area (Å²) in [4.78, 5) is 4.74. The molecule has 21 heavy (non-hydrogen) atoms. The van der Waals surface area contributed by atoms with Crippen molar-refractivity contribution in [1.82, 2.24) is 9.80 Å². The maximum Gasteiger partial charge on any atom is 0.123 e. The first-order valence-corrected chi connectivity index (χ1v) is 8.04. The highest BCUT2D eigenvalue weighted by molar-refractivity contribution is 5.15. The second-order valence-corrected chi connectivity index (χ2v) is 6.00. The van der Waals surface area contributed by atoms with Crippen LogP contribution in [-0.2, 0) is 6.54 Å². The van der Waals surface area contributed by atoms with E-state index in [0.717, 1.165) is 64.1 Å². The van der Waals surface area contributed by atoms with Crippen molar-refractivity contribution in [2.24, 2.45) is 0 Å². The molecule has 1 atom stereocenters. The van der Waals surface area contributed by atoms with Gasteiger partial charge in [-0.15, -0.1) is 0 Å². The molecule has 118 valence electrons. The molecule has 1 N–H and O–H groups in total. The lowest BCUT2D eigenvalue weighted by Crippen LogP contribution is -2.48. The Morgan fingerprint density at radius 2 is 1.71 bits per heavy atom. The number of β-amino-alcohol motifs (C(OH)–C–C–N with tert-alkyl or cyclic N) is 1. The van der Waals surface area contributed by atoms with Gasteiger partial charge in [0.1, 0.15) is 5.82 Å². The van der Waals surface area contributed by atoms with E-state index < -0.39 is 0 Å². The molecule has 1 aromatic carbocycles. The second-order valence-electron chi connectivity index (χ2n) is 6.00. The molecule has 0 bridgehead atoms.